The predicted octanol–water partition coefficient (Wildman–Crippen LogP) is 5.38. The lowest BCUT2D eigenvalue weighted by molar-refractivity contribution is 0.393. The topological polar surface area (TPSA) is 125 Å². The molecule has 9 nitrogen and oxygen atoms in total. The molecule has 1 aromatic carbocycles. The van der Waals surface area contributed by atoms with Crippen molar-refractivity contribution in [3.63, 3.8) is 0 Å². The van der Waals surface area contributed by atoms with Crippen molar-refractivity contribution >= 4 is 33.5 Å². The van der Waals surface area contributed by atoms with E-state index in [1.54, 1.807) is 14.0 Å². The highest BCUT2D eigenvalue weighted by molar-refractivity contribution is 6.14. The summed E-state index contributed by atoms with van der Waals surface area (Å²) in [5.74, 6) is 2.68. The summed E-state index contributed by atoms with van der Waals surface area (Å²) >= 11 is 0. The second-order valence-corrected chi connectivity index (χ2v) is 8.81. The number of aromatic nitrogens is 4. The van der Waals surface area contributed by atoms with E-state index in [9.17, 15) is 0 Å². The Hall–Kier alpha value is -3.88. The lowest BCUT2D eigenvalue weighted by Gasteiger charge is -2.18. The molecular weight excluding hydrogens is 430 g/mol. The third-order valence-corrected chi connectivity index (χ3v) is 5.68. The molecule has 0 unspecified atom stereocenters. The van der Waals surface area contributed by atoms with Gasteiger partial charge in [-0.05, 0) is 60.6 Å². The number of methoxy groups -OCH3 is 1. The standard InChI is InChI=1S/C25H31N7O2/c1-11(2)27-14(5)23(12(3)26)31-25-22-17-10-20(33-8)18(21-13(4)32-34-15(21)6)9-19(17)30-24(22)28-16(7)29-25/h9-11,26-27H,1-8H3,(H2,28,29,30,31)/b23-14+,26-12?. The van der Waals surface area contributed by atoms with Crippen molar-refractivity contribution in [1.82, 2.24) is 25.4 Å². The largest absolute Gasteiger partial charge is 0.496 e. The molecule has 4 aromatic rings. The van der Waals surface area contributed by atoms with E-state index in [1.165, 1.54) is 0 Å². The first-order valence-corrected chi connectivity index (χ1v) is 11.2. The number of aromatic amines is 1. The van der Waals surface area contributed by atoms with Crippen molar-refractivity contribution < 1.29 is 9.26 Å². The number of H-pyrrole nitrogens is 1. The van der Waals surface area contributed by atoms with Crippen LogP contribution in [-0.2, 0) is 0 Å². The van der Waals surface area contributed by atoms with Crippen LogP contribution >= 0.6 is 0 Å². The number of nitrogens with zero attached hydrogens (tertiary/aromatic N) is 3. The van der Waals surface area contributed by atoms with Crippen LogP contribution < -0.4 is 15.4 Å². The van der Waals surface area contributed by atoms with Gasteiger partial charge in [-0.25, -0.2) is 9.97 Å². The Labute approximate surface area is 198 Å². The summed E-state index contributed by atoms with van der Waals surface area (Å²) < 4.78 is 11.2. The van der Waals surface area contributed by atoms with Gasteiger partial charge in [0.05, 0.1) is 35.2 Å². The average molecular weight is 462 g/mol. The van der Waals surface area contributed by atoms with Gasteiger partial charge < -0.3 is 30.3 Å². The molecule has 0 aliphatic carbocycles. The number of fused-ring (bicyclic) bond motifs is 3. The number of anilines is 1. The molecule has 0 bridgehead atoms. The molecule has 0 spiro atoms. The van der Waals surface area contributed by atoms with Crippen LogP contribution in [0.25, 0.3) is 33.1 Å². The molecule has 3 heterocycles. The van der Waals surface area contributed by atoms with Crippen molar-refractivity contribution in [2.24, 2.45) is 0 Å². The molecule has 3 aromatic heterocycles. The number of hydrogen-bond acceptors (Lipinski definition) is 8. The molecule has 4 rings (SSSR count). The third kappa shape index (κ3) is 4.09. The van der Waals surface area contributed by atoms with Crippen LogP contribution in [0.4, 0.5) is 5.82 Å². The monoisotopic (exact) mass is 461 g/mol. The Morgan fingerprint density at radius 3 is 2.47 bits per heavy atom. The Bertz CT molecular complexity index is 1420. The molecule has 9 heteroatoms. The molecular formula is C25H31N7O2. The van der Waals surface area contributed by atoms with Gasteiger partial charge in [-0.1, -0.05) is 5.16 Å². The van der Waals surface area contributed by atoms with Gasteiger partial charge in [-0.2, -0.15) is 0 Å². The lowest BCUT2D eigenvalue weighted by Crippen LogP contribution is -2.25. The number of rotatable bonds is 7. The average Bonchev–Trinajstić information content (AvgIpc) is 3.28. The number of nitrogens with one attached hydrogen (secondary N) is 4. The summed E-state index contributed by atoms with van der Waals surface area (Å²) in [6.45, 7) is 13.5. The highest BCUT2D eigenvalue weighted by Crippen LogP contribution is 2.40. The summed E-state index contributed by atoms with van der Waals surface area (Å²) in [5, 5.41) is 21.0. The molecule has 4 N–H and O–H groups in total. The summed E-state index contributed by atoms with van der Waals surface area (Å²) in [4.78, 5) is 12.8. The van der Waals surface area contributed by atoms with Crippen LogP contribution in [0.5, 0.6) is 5.75 Å². The van der Waals surface area contributed by atoms with Crippen molar-refractivity contribution in [3.05, 3.63) is 40.8 Å². The summed E-state index contributed by atoms with van der Waals surface area (Å²) in [7, 11) is 1.65. The summed E-state index contributed by atoms with van der Waals surface area (Å²) in [6, 6.07) is 4.26. The van der Waals surface area contributed by atoms with Crippen molar-refractivity contribution in [2.45, 2.75) is 54.5 Å². The molecule has 0 amide bonds. The smallest absolute Gasteiger partial charge is 0.144 e. The summed E-state index contributed by atoms with van der Waals surface area (Å²) in [6.07, 6.45) is 0. The lowest BCUT2D eigenvalue weighted by atomic mass is 10.0. The fourth-order valence-electron chi connectivity index (χ4n) is 4.35. The predicted molar refractivity (Wildman–Crippen MR) is 136 cm³/mol. The van der Waals surface area contributed by atoms with Crippen LogP contribution in [0.1, 0.15) is 45.0 Å². The zero-order chi connectivity index (χ0) is 24.7. The number of aryl methyl sites for hydroxylation is 3. The van der Waals surface area contributed by atoms with Crippen LogP contribution in [0.3, 0.4) is 0 Å². The van der Waals surface area contributed by atoms with E-state index in [1.807, 2.05) is 39.8 Å². The van der Waals surface area contributed by atoms with Crippen molar-refractivity contribution in [2.75, 3.05) is 12.4 Å². The van der Waals surface area contributed by atoms with E-state index in [-0.39, 0.29) is 6.04 Å². The zero-order valence-electron chi connectivity index (χ0n) is 20.9. The van der Waals surface area contributed by atoms with E-state index >= 15 is 0 Å². The van der Waals surface area contributed by atoms with E-state index in [0.717, 1.165) is 44.6 Å². The Morgan fingerprint density at radius 1 is 1.15 bits per heavy atom. The van der Waals surface area contributed by atoms with E-state index in [0.29, 0.717) is 34.4 Å². The number of ether oxygens (including phenoxy) is 1. The molecule has 0 saturated heterocycles. The maximum absolute atomic E-state index is 8.33. The highest BCUT2D eigenvalue weighted by Gasteiger charge is 2.21. The van der Waals surface area contributed by atoms with Gasteiger partial charge in [0, 0.05) is 28.2 Å². The van der Waals surface area contributed by atoms with E-state index in [4.69, 9.17) is 19.7 Å². The van der Waals surface area contributed by atoms with Gasteiger partial charge in [0.2, 0.25) is 0 Å². The number of allylic oxidation sites excluding steroid dienone is 2. The Morgan fingerprint density at radius 2 is 1.88 bits per heavy atom. The third-order valence-electron chi connectivity index (χ3n) is 5.68. The van der Waals surface area contributed by atoms with Crippen molar-refractivity contribution in [3.8, 4) is 16.9 Å². The van der Waals surface area contributed by atoms with E-state index in [2.05, 4.69) is 39.6 Å². The maximum Gasteiger partial charge on any atom is 0.144 e. The quantitative estimate of drug-likeness (QED) is 0.272. The minimum Gasteiger partial charge on any atom is -0.496 e. The first-order chi connectivity index (χ1) is 16.1. The fourth-order valence-corrected chi connectivity index (χ4v) is 4.35. The molecule has 0 saturated carbocycles. The molecule has 0 atom stereocenters. The first kappa shape index (κ1) is 23.3. The maximum atomic E-state index is 8.33. The van der Waals surface area contributed by atoms with Crippen LogP contribution in [0.15, 0.2) is 28.0 Å². The second-order valence-electron chi connectivity index (χ2n) is 8.81. The molecule has 178 valence electrons. The normalized spacial score (nSPS) is 12.4. The van der Waals surface area contributed by atoms with Gasteiger partial charge in [-0.15, -0.1) is 0 Å². The highest BCUT2D eigenvalue weighted by atomic mass is 16.5. The van der Waals surface area contributed by atoms with Crippen molar-refractivity contribution in [1.29, 1.82) is 5.41 Å². The molecule has 0 radical (unpaired) electrons. The number of hydrogen-bond donors (Lipinski definition) is 4. The molecule has 0 aliphatic rings. The van der Waals surface area contributed by atoms with Crippen LogP contribution in [0, 0.1) is 26.2 Å². The van der Waals surface area contributed by atoms with Gasteiger partial charge >= 0.3 is 0 Å². The number of benzene rings is 1. The Balaban J connectivity index is 1.96. The van der Waals surface area contributed by atoms with Crippen LogP contribution in [0.2, 0.25) is 0 Å². The van der Waals surface area contributed by atoms with Gasteiger partial charge in [0.25, 0.3) is 0 Å². The molecule has 34 heavy (non-hydrogen) atoms. The second kappa shape index (κ2) is 8.81. The minimum absolute atomic E-state index is 0.239. The SMILES string of the molecule is COc1cc2c(cc1-c1c(C)noc1C)[nH]c1nc(C)nc(N/C(C(C)=N)=C(\C)NC(C)C)c12. The fraction of sp³-hybridized carbons (Fsp3) is 0.360. The first-order valence-electron chi connectivity index (χ1n) is 11.2. The molecule has 0 fully saturated rings. The van der Waals surface area contributed by atoms with E-state index < -0.39 is 0 Å². The zero-order valence-corrected chi connectivity index (χ0v) is 20.9. The summed E-state index contributed by atoms with van der Waals surface area (Å²) in [5.41, 5.74) is 6.18. The van der Waals surface area contributed by atoms with Crippen LogP contribution in [-0.4, -0.2) is 39.0 Å². The van der Waals surface area contributed by atoms with Gasteiger partial charge in [0.15, 0.2) is 0 Å². The van der Waals surface area contributed by atoms with Gasteiger partial charge in [-0.3, -0.25) is 0 Å². The molecule has 0 aliphatic heterocycles. The minimum atomic E-state index is 0.239. The Kier molecular flexibility index (Phi) is 6.03. The van der Waals surface area contributed by atoms with Gasteiger partial charge in [0.1, 0.15) is 28.8 Å².